The van der Waals surface area contributed by atoms with Crippen molar-refractivity contribution >= 4 is 17.7 Å². The molecular weight excluding hydrogens is 202 g/mol. The molecule has 5 nitrogen and oxygen atoms in total. The van der Waals surface area contributed by atoms with Gasteiger partial charge in [-0.15, -0.1) is 0 Å². The number of hydrogen-bond acceptors (Lipinski definition) is 5. The molecule has 0 aliphatic rings. The standard InChI is InChI=1S/C8H11N3O2S/c12-4-3-10-7(13)5-14-8-1-2-9-6-11-8/h1-2,6,12H,3-5H2,(H,10,13). The first-order chi connectivity index (χ1) is 6.83. The molecule has 0 bridgehead atoms. The lowest BCUT2D eigenvalue weighted by Crippen LogP contribution is -2.27. The van der Waals surface area contributed by atoms with Crippen molar-refractivity contribution in [2.75, 3.05) is 18.9 Å². The van der Waals surface area contributed by atoms with Gasteiger partial charge in [-0.1, -0.05) is 11.8 Å². The minimum atomic E-state index is -0.109. The fourth-order valence-electron chi connectivity index (χ4n) is 0.750. The Bertz CT molecular complexity index is 281. The van der Waals surface area contributed by atoms with Crippen LogP contribution in [-0.2, 0) is 4.79 Å². The van der Waals surface area contributed by atoms with E-state index >= 15 is 0 Å². The van der Waals surface area contributed by atoms with Gasteiger partial charge in [0.25, 0.3) is 0 Å². The third kappa shape index (κ3) is 4.20. The summed E-state index contributed by atoms with van der Waals surface area (Å²) in [5.41, 5.74) is 0. The molecule has 0 aromatic carbocycles. The van der Waals surface area contributed by atoms with Gasteiger partial charge in [0.15, 0.2) is 0 Å². The Labute approximate surface area is 86.0 Å². The maximum Gasteiger partial charge on any atom is 0.230 e. The molecule has 0 saturated carbocycles. The molecule has 0 aliphatic carbocycles. The van der Waals surface area contributed by atoms with E-state index in [0.717, 1.165) is 5.03 Å². The van der Waals surface area contributed by atoms with Gasteiger partial charge in [-0.25, -0.2) is 9.97 Å². The third-order valence-electron chi connectivity index (χ3n) is 1.34. The first kappa shape index (κ1) is 10.9. The van der Waals surface area contributed by atoms with Gasteiger partial charge in [0.2, 0.25) is 5.91 Å². The summed E-state index contributed by atoms with van der Waals surface area (Å²) in [4.78, 5) is 18.8. The third-order valence-corrected chi connectivity index (χ3v) is 2.28. The second kappa shape index (κ2) is 6.33. The van der Waals surface area contributed by atoms with E-state index in [2.05, 4.69) is 15.3 Å². The van der Waals surface area contributed by atoms with Crippen molar-refractivity contribution in [1.82, 2.24) is 15.3 Å². The van der Waals surface area contributed by atoms with E-state index in [4.69, 9.17) is 5.11 Å². The molecule has 6 heteroatoms. The van der Waals surface area contributed by atoms with Gasteiger partial charge in [-0.2, -0.15) is 0 Å². The lowest BCUT2D eigenvalue weighted by Gasteiger charge is -2.01. The number of nitrogens with one attached hydrogen (secondary N) is 1. The van der Waals surface area contributed by atoms with Crippen LogP contribution >= 0.6 is 11.8 Å². The minimum absolute atomic E-state index is 0.0378. The van der Waals surface area contributed by atoms with Crippen LogP contribution in [0.1, 0.15) is 0 Å². The summed E-state index contributed by atoms with van der Waals surface area (Å²) in [6.07, 6.45) is 3.06. The van der Waals surface area contributed by atoms with Gasteiger partial charge >= 0.3 is 0 Å². The van der Waals surface area contributed by atoms with Gasteiger partial charge in [0.05, 0.1) is 17.4 Å². The number of amides is 1. The molecular formula is C8H11N3O2S. The zero-order chi connectivity index (χ0) is 10.2. The van der Waals surface area contributed by atoms with Gasteiger partial charge in [0.1, 0.15) is 6.33 Å². The summed E-state index contributed by atoms with van der Waals surface area (Å²) in [6.45, 7) is 0.257. The molecule has 1 rings (SSSR count). The highest BCUT2D eigenvalue weighted by molar-refractivity contribution is 7.99. The van der Waals surface area contributed by atoms with Crippen LogP contribution in [0, 0.1) is 0 Å². The molecule has 0 fully saturated rings. The first-order valence-electron chi connectivity index (χ1n) is 4.09. The summed E-state index contributed by atoms with van der Waals surface area (Å²) < 4.78 is 0. The molecule has 14 heavy (non-hydrogen) atoms. The van der Waals surface area contributed by atoms with Crippen molar-refractivity contribution in [3.8, 4) is 0 Å². The van der Waals surface area contributed by atoms with E-state index in [1.807, 2.05) is 0 Å². The number of aliphatic hydroxyl groups is 1. The predicted octanol–water partition coefficient (Wildman–Crippen LogP) is -0.323. The summed E-state index contributed by atoms with van der Waals surface area (Å²) in [6, 6.07) is 1.74. The maximum absolute atomic E-state index is 11.1. The van der Waals surface area contributed by atoms with E-state index in [0.29, 0.717) is 12.3 Å². The molecule has 1 aromatic rings. The van der Waals surface area contributed by atoms with Gasteiger partial charge in [-0.3, -0.25) is 4.79 Å². The quantitative estimate of drug-likeness (QED) is 0.518. The van der Waals surface area contributed by atoms with Gasteiger partial charge in [0, 0.05) is 12.7 Å². The van der Waals surface area contributed by atoms with Crippen molar-refractivity contribution in [1.29, 1.82) is 0 Å². The second-order valence-corrected chi connectivity index (χ2v) is 3.41. The Balaban J connectivity index is 2.24. The first-order valence-corrected chi connectivity index (χ1v) is 5.08. The van der Waals surface area contributed by atoms with Crippen molar-refractivity contribution in [3.63, 3.8) is 0 Å². The monoisotopic (exact) mass is 213 g/mol. The lowest BCUT2D eigenvalue weighted by molar-refractivity contribution is -0.118. The Morgan fingerprint density at radius 1 is 1.64 bits per heavy atom. The summed E-state index contributed by atoms with van der Waals surface area (Å²) in [7, 11) is 0. The highest BCUT2D eigenvalue weighted by Gasteiger charge is 2.01. The summed E-state index contributed by atoms with van der Waals surface area (Å²) in [5, 5.41) is 11.8. The summed E-state index contributed by atoms with van der Waals surface area (Å²) in [5.74, 6) is 0.194. The Morgan fingerprint density at radius 3 is 3.14 bits per heavy atom. The normalized spacial score (nSPS) is 9.79. The lowest BCUT2D eigenvalue weighted by atomic mass is 10.6. The Hall–Kier alpha value is -1.14. The molecule has 1 amide bonds. The predicted molar refractivity (Wildman–Crippen MR) is 52.9 cm³/mol. The molecule has 0 saturated heterocycles. The Kier molecular flexibility index (Phi) is 4.95. The van der Waals surface area contributed by atoms with Crippen LogP contribution in [0.4, 0.5) is 0 Å². The number of carbonyl (C=O) groups excluding carboxylic acids is 1. The average molecular weight is 213 g/mol. The SMILES string of the molecule is O=C(CSc1ccncn1)NCCO. The molecule has 0 unspecified atom stereocenters. The molecule has 0 atom stereocenters. The highest BCUT2D eigenvalue weighted by Crippen LogP contribution is 2.11. The zero-order valence-electron chi connectivity index (χ0n) is 7.51. The van der Waals surface area contributed by atoms with Crippen LogP contribution in [0.25, 0.3) is 0 Å². The number of nitrogens with zero attached hydrogens (tertiary/aromatic N) is 2. The van der Waals surface area contributed by atoms with Crippen LogP contribution < -0.4 is 5.32 Å². The smallest absolute Gasteiger partial charge is 0.230 e. The van der Waals surface area contributed by atoms with E-state index in [-0.39, 0.29) is 12.5 Å². The number of hydrogen-bond donors (Lipinski definition) is 2. The van der Waals surface area contributed by atoms with E-state index in [1.165, 1.54) is 18.1 Å². The molecule has 1 heterocycles. The number of aliphatic hydroxyl groups excluding tert-OH is 1. The largest absolute Gasteiger partial charge is 0.395 e. The van der Waals surface area contributed by atoms with Crippen molar-refractivity contribution in [2.45, 2.75) is 5.03 Å². The zero-order valence-corrected chi connectivity index (χ0v) is 8.33. The topological polar surface area (TPSA) is 75.1 Å². The van der Waals surface area contributed by atoms with Gasteiger partial charge < -0.3 is 10.4 Å². The molecule has 2 N–H and O–H groups in total. The van der Waals surface area contributed by atoms with Crippen molar-refractivity contribution in [2.24, 2.45) is 0 Å². The minimum Gasteiger partial charge on any atom is -0.395 e. The number of rotatable bonds is 5. The molecule has 76 valence electrons. The fraction of sp³-hybridized carbons (Fsp3) is 0.375. The van der Waals surface area contributed by atoms with E-state index in [1.54, 1.807) is 12.3 Å². The van der Waals surface area contributed by atoms with Crippen molar-refractivity contribution < 1.29 is 9.90 Å². The number of thioether (sulfide) groups is 1. The fourth-order valence-corrected chi connectivity index (χ4v) is 1.41. The maximum atomic E-state index is 11.1. The van der Waals surface area contributed by atoms with Crippen LogP contribution in [-0.4, -0.2) is 39.9 Å². The Morgan fingerprint density at radius 2 is 2.50 bits per heavy atom. The molecule has 0 aliphatic heterocycles. The second-order valence-electron chi connectivity index (χ2n) is 2.41. The van der Waals surface area contributed by atoms with E-state index in [9.17, 15) is 4.79 Å². The highest BCUT2D eigenvalue weighted by atomic mass is 32.2. The summed E-state index contributed by atoms with van der Waals surface area (Å²) >= 11 is 1.33. The van der Waals surface area contributed by atoms with Crippen LogP contribution in [0.5, 0.6) is 0 Å². The molecule has 0 radical (unpaired) electrons. The van der Waals surface area contributed by atoms with Gasteiger partial charge in [-0.05, 0) is 6.07 Å². The molecule has 0 spiro atoms. The van der Waals surface area contributed by atoms with Crippen molar-refractivity contribution in [3.05, 3.63) is 18.6 Å². The van der Waals surface area contributed by atoms with Crippen LogP contribution in [0.15, 0.2) is 23.6 Å². The van der Waals surface area contributed by atoms with Crippen LogP contribution in [0.2, 0.25) is 0 Å². The molecule has 1 aromatic heterocycles. The van der Waals surface area contributed by atoms with E-state index < -0.39 is 0 Å². The number of aromatic nitrogens is 2. The van der Waals surface area contributed by atoms with Crippen LogP contribution in [0.3, 0.4) is 0 Å². The number of carbonyl (C=O) groups is 1. The average Bonchev–Trinajstić information content (AvgIpc) is 2.25.